The van der Waals surface area contributed by atoms with Crippen LogP contribution >= 0.6 is 0 Å². The molecule has 2 aliphatic heterocycles. The second-order valence-corrected chi connectivity index (χ2v) is 11.6. The lowest BCUT2D eigenvalue weighted by Crippen LogP contribution is -2.47. The molecule has 0 amide bonds. The van der Waals surface area contributed by atoms with Crippen LogP contribution in [-0.2, 0) is 10.0 Å². The first kappa shape index (κ1) is 25.5. The molecular weight excluding hydrogens is 512 g/mol. The molecule has 4 aromatic rings. The van der Waals surface area contributed by atoms with Crippen LogP contribution in [0, 0.1) is 0 Å². The van der Waals surface area contributed by atoms with Gasteiger partial charge in [-0.2, -0.15) is 4.31 Å². The first-order valence-electron chi connectivity index (χ1n) is 13.2. The summed E-state index contributed by atoms with van der Waals surface area (Å²) in [5.74, 6) is 0.448. The second-order valence-electron chi connectivity index (χ2n) is 9.66. The maximum atomic E-state index is 13.6. The van der Waals surface area contributed by atoms with Gasteiger partial charge in [0.25, 0.3) is 0 Å². The highest BCUT2D eigenvalue weighted by Crippen LogP contribution is 2.32. The lowest BCUT2D eigenvalue weighted by molar-refractivity contribution is 0.360. The van der Waals surface area contributed by atoms with Gasteiger partial charge in [-0.1, -0.05) is 24.3 Å². The zero-order valence-electron chi connectivity index (χ0n) is 21.6. The molecule has 4 N–H and O–H groups in total. The summed E-state index contributed by atoms with van der Waals surface area (Å²) >= 11 is 0. The van der Waals surface area contributed by atoms with E-state index in [1.807, 2.05) is 24.4 Å². The Balaban J connectivity index is 1.23. The summed E-state index contributed by atoms with van der Waals surface area (Å²) in [5.41, 5.74) is 4.54. The Morgan fingerprint density at radius 3 is 2.38 bits per heavy atom. The maximum absolute atomic E-state index is 13.6. The number of fused-ring (bicyclic) bond motifs is 1. The summed E-state index contributed by atoms with van der Waals surface area (Å²) in [7, 11) is -3.61. The fraction of sp³-hybridized carbons (Fsp3) is 0.286. The number of benzene rings is 2. The topological polar surface area (TPSA) is 118 Å². The van der Waals surface area contributed by atoms with Crippen LogP contribution in [0.2, 0.25) is 0 Å². The van der Waals surface area contributed by atoms with Crippen molar-refractivity contribution in [2.24, 2.45) is 0 Å². The molecule has 2 aromatic heterocycles. The molecule has 0 radical (unpaired) electrons. The largest absolute Gasteiger partial charge is 0.368 e. The zero-order chi connectivity index (χ0) is 26.7. The van der Waals surface area contributed by atoms with Gasteiger partial charge in [0.1, 0.15) is 4.90 Å². The van der Waals surface area contributed by atoms with E-state index in [4.69, 9.17) is 0 Å². The standard InChI is InChI=1S/C28H32N8O2S/c37-39(38,36-16-12-30-13-17-36)27-7-6-23(18-26(27)35-14-10-29-11-15-35)34-28-32-19-21(20-33-28)4-5-22-2-1-3-25-24(22)8-9-31-25/h1-9,18-20,29-31H,10-17H2,(H,32,33,34)/b5-4+. The van der Waals surface area contributed by atoms with Gasteiger partial charge < -0.3 is 25.8 Å². The predicted octanol–water partition coefficient (Wildman–Crippen LogP) is 2.88. The highest BCUT2D eigenvalue weighted by molar-refractivity contribution is 7.89. The number of aromatic nitrogens is 3. The van der Waals surface area contributed by atoms with Gasteiger partial charge in [0, 0.05) is 93.1 Å². The van der Waals surface area contributed by atoms with Crippen molar-refractivity contribution in [1.29, 1.82) is 0 Å². The van der Waals surface area contributed by atoms with E-state index >= 15 is 0 Å². The van der Waals surface area contributed by atoms with Crippen LogP contribution in [0.3, 0.4) is 0 Å². The van der Waals surface area contributed by atoms with Gasteiger partial charge in [-0.15, -0.1) is 0 Å². The maximum Gasteiger partial charge on any atom is 0.245 e. The fourth-order valence-electron chi connectivity index (χ4n) is 5.05. The van der Waals surface area contributed by atoms with Gasteiger partial charge >= 0.3 is 0 Å². The number of H-pyrrole nitrogens is 1. The number of sulfonamides is 1. The van der Waals surface area contributed by atoms with Gasteiger partial charge in [-0.25, -0.2) is 18.4 Å². The van der Waals surface area contributed by atoms with Gasteiger partial charge in [0.15, 0.2) is 0 Å². The Bertz CT molecular complexity index is 1570. The molecule has 4 heterocycles. The molecular formula is C28H32N8O2S. The Labute approximate surface area is 228 Å². The first-order valence-corrected chi connectivity index (χ1v) is 14.7. The molecule has 0 unspecified atom stereocenters. The number of hydrogen-bond donors (Lipinski definition) is 4. The Morgan fingerprint density at radius 2 is 1.62 bits per heavy atom. The van der Waals surface area contributed by atoms with Crippen molar-refractivity contribution in [3.05, 3.63) is 72.2 Å². The third-order valence-electron chi connectivity index (χ3n) is 7.12. The van der Waals surface area contributed by atoms with E-state index < -0.39 is 10.0 Å². The Morgan fingerprint density at radius 1 is 0.872 bits per heavy atom. The number of rotatable bonds is 7. The van der Waals surface area contributed by atoms with Crippen molar-refractivity contribution in [3.63, 3.8) is 0 Å². The van der Waals surface area contributed by atoms with Crippen LogP contribution in [0.15, 0.2) is 66.0 Å². The Hall–Kier alpha value is -3.77. The van der Waals surface area contributed by atoms with Crippen LogP contribution < -0.4 is 20.9 Å². The number of nitrogens with zero attached hydrogens (tertiary/aromatic N) is 4. The first-order chi connectivity index (χ1) is 19.1. The van der Waals surface area contributed by atoms with E-state index in [2.05, 4.69) is 60.1 Å². The van der Waals surface area contributed by atoms with Crippen LogP contribution in [-0.4, -0.2) is 80.0 Å². The second kappa shape index (κ2) is 11.1. The van der Waals surface area contributed by atoms with Crippen molar-refractivity contribution < 1.29 is 8.42 Å². The number of hydrogen-bond acceptors (Lipinski definition) is 8. The van der Waals surface area contributed by atoms with Crippen molar-refractivity contribution >= 4 is 50.4 Å². The average Bonchev–Trinajstić information content (AvgIpc) is 3.47. The van der Waals surface area contributed by atoms with E-state index in [0.717, 1.165) is 53.9 Å². The van der Waals surface area contributed by atoms with Gasteiger partial charge in [-0.05, 0) is 35.9 Å². The minimum Gasteiger partial charge on any atom is -0.368 e. The lowest BCUT2D eigenvalue weighted by Gasteiger charge is -2.33. The van der Waals surface area contributed by atoms with Gasteiger partial charge in [-0.3, -0.25) is 0 Å². The number of anilines is 3. The van der Waals surface area contributed by atoms with Crippen molar-refractivity contribution in [2.75, 3.05) is 62.6 Å². The average molecular weight is 545 g/mol. The third-order valence-corrected chi connectivity index (χ3v) is 9.07. The monoisotopic (exact) mass is 544 g/mol. The molecule has 39 heavy (non-hydrogen) atoms. The third kappa shape index (κ3) is 5.52. The molecule has 6 rings (SSSR count). The summed E-state index contributed by atoms with van der Waals surface area (Å²) in [6, 6.07) is 13.6. The van der Waals surface area contributed by atoms with Crippen LogP contribution in [0.4, 0.5) is 17.3 Å². The van der Waals surface area contributed by atoms with Crippen molar-refractivity contribution in [3.8, 4) is 0 Å². The molecule has 2 saturated heterocycles. The molecule has 2 fully saturated rings. The molecule has 0 saturated carbocycles. The predicted molar refractivity (Wildman–Crippen MR) is 156 cm³/mol. The fourth-order valence-corrected chi connectivity index (χ4v) is 6.68. The molecule has 0 atom stereocenters. The van der Waals surface area contributed by atoms with Crippen LogP contribution in [0.1, 0.15) is 11.1 Å². The smallest absolute Gasteiger partial charge is 0.245 e. The molecule has 2 aromatic carbocycles. The molecule has 0 spiro atoms. The SMILES string of the molecule is O=S(=O)(c1ccc(Nc2ncc(/C=C/c3cccc4[nH]ccc34)cn2)cc1N1CCNCC1)N1CCNCC1. The van der Waals surface area contributed by atoms with Crippen LogP contribution in [0.5, 0.6) is 0 Å². The Kier molecular flexibility index (Phi) is 7.29. The highest BCUT2D eigenvalue weighted by atomic mass is 32.2. The number of piperazine rings is 2. The van der Waals surface area contributed by atoms with E-state index in [1.165, 1.54) is 0 Å². The van der Waals surface area contributed by atoms with Crippen LogP contribution in [0.25, 0.3) is 23.1 Å². The summed E-state index contributed by atoms with van der Waals surface area (Å²) in [6.45, 7) is 5.35. The number of nitrogens with one attached hydrogen (secondary N) is 4. The highest BCUT2D eigenvalue weighted by Gasteiger charge is 2.30. The molecule has 0 aliphatic carbocycles. The molecule has 10 nitrogen and oxygen atoms in total. The molecule has 11 heteroatoms. The normalized spacial score (nSPS) is 17.2. The number of aromatic amines is 1. The summed E-state index contributed by atoms with van der Waals surface area (Å²) in [6.07, 6.45) is 9.52. The van der Waals surface area contributed by atoms with E-state index in [-0.39, 0.29) is 0 Å². The van der Waals surface area contributed by atoms with Gasteiger partial charge in [0.2, 0.25) is 16.0 Å². The van der Waals surface area contributed by atoms with E-state index in [0.29, 0.717) is 42.7 Å². The van der Waals surface area contributed by atoms with E-state index in [9.17, 15) is 8.42 Å². The van der Waals surface area contributed by atoms with E-state index in [1.54, 1.807) is 28.8 Å². The summed E-state index contributed by atoms with van der Waals surface area (Å²) in [4.78, 5) is 14.7. The summed E-state index contributed by atoms with van der Waals surface area (Å²) in [5, 5.41) is 11.0. The van der Waals surface area contributed by atoms with Crippen molar-refractivity contribution in [1.82, 2.24) is 29.9 Å². The molecule has 2 aliphatic rings. The van der Waals surface area contributed by atoms with Gasteiger partial charge in [0.05, 0.1) is 5.69 Å². The lowest BCUT2D eigenvalue weighted by atomic mass is 10.1. The quantitative estimate of drug-likeness (QED) is 0.281. The minimum atomic E-state index is -3.61. The minimum absolute atomic E-state index is 0.343. The zero-order valence-corrected chi connectivity index (χ0v) is 22.4. The van der Waals surface area contributed by atoms with Crippen molar-refractivity contribution in [2.45, 2.75) is 4.90 Å². The summed E-state index contributed by atoms with van der Waals surface area (Å²) < 4.78 is 28.7. The molecule has 0 bridgehead atoms. The molecule has 202 valence electrons.